The van der Waals surface area contributed by atoms with E-state index in [1.807, 2.05) is 24.3 Å². The second kappa shape index (κ2) is 8.00. The van der Waals surface area contributed by atoms with Gasteiger partial charge in [-0.2, -0.15) is 0 Å². The number of hydrogen-bond acceptors (Lipinski definition) is 3. The molecule has 1 atom stereocenters. The van der Waals surface area contributed by atoms with Gasteiger partial charge >= 0.3 is 0 Å². The molecule has 1 aliphatic rings. The fraction of sp³-hybridized carbons (Fsp3) is 0.400. The normalized spacial score (nSPS) is 18.6. The monoisotopic (exact) mass is 427 g/mol. The van der Waals surface area contributed by atoms with Gasteiger partial charge in [0.15, 0.2) is 0 Å². The molecule has 0 fully saturated rings. The first-order chi connectivity index (χ1) is 12.8. The van der Waals surface area contributed by atoms with Gasteiger partial charge in [-0.15, -0.1) is 0 Å². The maximum atomic E-state index is 12.9. The van der Waals surface area contributed by atoms with Crippen molar-refractivity contribution in [3.05, 3.63) is 63.6 Å². The van der Waals surface area contributed by atoms with Crippen LogP contribution >= 0.6 is 23.2 Å². The molecule has 146 valence electrons. The average Bonchev–Trinajstić information content (AvgIpc) is 2.63. The molecule has 0 amide bonds. The van der Waals surface area contributed by atoms with Crippen molar-refractivity contribution in [1.82, 2.24) is 4.72 Å². The number of rotatable bonds is 6. The molecule has 2 aromatic carbocycles. The van der Waals surface area contributed by atoms with Crippen LogP contribution in [0.2, 0.25) is 10.0 Å². The lowest BCUT2D eigenvalue weighted by Crippen LogP contribution is -2.44. The van der Waals surface area contributed by atoms with Crippen LogP contribution in [0, 0.1) is 0 Å². The van der Waals surface area contributed by atoms with Crippen LogP contribution in [0.4, 0.5) is 0 Å². The van der Waals surface area contributed by atoms with E-state index in [4.69, 9.17) is 27.9 Å². The van der Waals surface area contributed by atoms with Gasteiger partial charge in [0.2, 0.25) is 10.0 Å². The zero-order valence-corrected chi connectivity index (χ0v) is 17.7. The van der Waals surface area contributed by atoms with Crippen molar-refractivity contribution in [3.8, 4) is 5.75 Å². The van der Waals surface area contributed by atoms with Crippen molar-refractivity contribution < 1.29 is 13.2 Å². The minimum atomic E-state index is -3.61. The summed E-state index contributed by atoms with van der Waals surface area (Å²) in [5, 5.41) is 0.819. The van der Waals surface area contributed by atoms with E-state index in [0.717, 1.165) is 24.2 Å². The number of benzene rings is 2. The third-order valence-corrected chi connectivity index (χ3v) is 7.09. The lowest BCUT2D eigenvalue weighted by atomic mass is 9.84. The minimum Gasteiger partial charge on any atom is -0.487 e. The summed E-state index contributed by atoms with van der Waals surface area (Å²) < 4.78 is 34.8. The molecule has 0 aromatic heterocycles. The first-order valence-corrected chi connectivity index (χ1v) is 11.4. The maximum Gasteiger partial charge on any atom is 0.216 e. The molecule has 3 rings (SSSR count). The molecular formula is C20H23Cl2NO3S. The summed E-state index contributed by atoms with van der Waals surface area (Å²) in [5.41, 5.74) is 1.01. The fourth-order valence-corrected chi connectivity index (χ4v) is 5.45. The van der Waals surface area contributed by atoms with Crippen LogP contribution in [0.5, 0.6) is 5.75 Å². The molecule has 7 heteroatoms. The summed E-state index contributed by atoms with van der Waals surface area (Å²) in [6, 6.07) is 12.1. The Labute approximate surface area is 170 Å². The highest BCUT2D eigenvalue weighted by Crippen LogP contribution is 2.43. The van der Waals surface area contributed by atoms with Gasteiger partial charge in [0.25, 0.3) is 0 Å². The van der Waals surface area contributed by atoms with Crippen LogP contribution < -0.4 is 9.46 Å². The van der Waals surface area contributed by atoms with E-state index in [0.29, 0.717) is 22.0 Å². The quantitative estimate of drug-likeness (QED) is 0.662. The van der Waals surface area contributed by atoms with Gasteiger partial charge in [0, 0.05) is 22.0 Å². The molecule has 0 aliphatic carbocycles. The van der Waals surface area contributed by atoms with E-state index in [9.17, 15) is 8.42 Å². The van der Waals surface area contributed by atoms with E-state index < -0.39 is 10.0 Å². The van der Waals surface area contributed by atoms with Gasteiger partial charge in [0.1, 0.15) is 11.4 Å². The predicted octanol–water partition coefficient (Wildman–Crippen LogP) is 5.50. The summed E-state index contributed by atoms with van der Waals surface area (Å²) in [6.45, 7) is 4.13. The van der Waals surface area contributed by atoms with Crippen LogP contribution in [0.1, 0.15) is 50.3 Å². The number of ether oxygens (including phenoxy) is 1. The molecule has 1 N–H and O–H groups in total. The Bertz CT molecular complexity index is 927. The largest absolute Gasteiger partial charge is 0.487 e. The van der Waals surface area contributed by atoms with Crippen LogP contribution in [-0.2, 0) is 15.8 Å². The molecule has 27 heavy (non-hydrogen) atoms. The molecule has 0 bridgehead atoms. The summed E-state index contributed by atoms with van der Waals surface area (Å²) in [6.07, 6.45) is 2.20. The van der Waals surface area contributed by atoms with E-state index in [2.05, 4.69) is 18.6 Å². The van der Waals surface area contributed by atoms with Crippen molar-refractivity contribution in [2.45, 2.75) is 50.5 Å². The van der Waals surface area contributed by atoms with Gasteiger partial charge in [0.05, 0.1) is 11.8 Å². The zero-order valence-electron chi connectivity index (χ0n) is 15.3. The van der Waals surface area contributed by atoms with Crippen LogP contribution in [0.3, 0.4) is 0 Å². The van der Waals surface area contributed by atoms with Crippen molar-refractivity contribution in [3.63, 3.8) is 0 Å². The lowest BCUT2D eigenvalue weighted by Gasteiger charge is -2.41. The maximum absolute atomic E-state index is 12.9. The highest BCUT2D eigenvalue weighted by Gasteiger charge is 2.39. The summed E-state index contributed by atoms with van der Waals surface area (Å²) in [7, 11) is -3.61. The Morgan fingerprint density at radius 1 is 1.15 bits per heavy atom. The first-order valence-electron chi connectivity index (χ1n) is 8.99. The predicted molar refractivity (Wildman–Crippen MR) is 110 cm³/mol. The second-order valence-corrected chi connectivity index (χ2v) is 9.50. The van der Waals surface area contributed by atoms with E-state index in [-0.39, 0.29) is 17.4 Å². The molecule has 2 aromatic rings. The highest BCUT2D eigenvalue weighted by atomic mass is 35.5. The number of nitrogens with one attached hydrogen (secondary N) is 1. The SMILES string of the molecule is CCC1(CC)C[C@H](NS(=O)(=O)Cc2ccc(Cl)cc2Cl)c2ccccc2O1. The van der Waals surface area contributed by atoms with Crippen molar-refractivity contribution in [2.75, 3.05) is 0 Å². The third kappa shape index (κ3) is 4.60. The number of hydrogen-bond donors (Lipinski definition) is 1. The van der Waals surface area contributed by atoms with E-state index in [1.165, 1.54) is 0 Å². The molecule has 4 nitrogen and oxygen atoms in total. The average molecular weight is 428 g/mol. The molecule has 0 saturated carbocycles. The Kier molecular flexibility index (Phi) is 6.06. The van der Waals surface area contributed by atoms with E-state index in [1.54, 1.807) is 18.2 Å². The summed E-state index contributed by atoms with van der Waals surface area (Å²) in [4.78, 5) is 0. The number of sulfonamides is 1. The van der Waals surface area contributed by atoms with Gasteiger partial charge in [-0.3, -0.25) is 0 Å². The summed E-state index contributed by atoms with van der Waals surface area (Å²) in [5.74, 6) is 0.540. The highest BCUT2D eigenvalue weighted by molar-refractivity contribution is 7.88. The van der Waals surface area contributed by atoms with Crippen LogP contribution in [0.25, 0.3) is 0 Å². The van der Waals surface area contributed by atoms with E-state index >= 15 is 0 Å². The zero-order chi connectivity index (χ0) is 19.7. The number of halogens is 2. The Morgan fingerprint density at radius 3 is 2.52 bits per heavy atom. The minimum absolute atomic E-state index is 0.201. The van der Waals surface area contributed by atoms with Crippen molar-refractivity contribution >= 4 is 33.2 Å². The van der Waals surface area contributed by atoms with Crippen LogP contribution in [0.15, 0.2) is 42.5 Å². The molecular weight excluding hydrogens is 405 g/mol. The molecule has 1 heterocycles. The first kappa shape index (κ1) is 20.5. The van der Waals surface area contributed by atoms with Gasteiger partial charge in [-0.05, 0) is 36.6 Å². The molecule has 0 saturated heterocycles. The molecule has 0 spiro atoms. The Balaban J connectivity index is 1.88. The van der Waals surface area contributed by atoms with Crippen molar-refractivity contribution in [2.24, 2.45) is 0 Å². The number of para-hydroxylation sites is 1. The standard InChI is InChI=1S/C20H23Cl2NO3S/c1-3-20(4-2)12-18(16-7-5-6-8-19(16)26-20)23-27(24,25)13-14-9-10-15(21)11-17(14)22/h5-11,18,23H,3-4,12-13H2,1-2H3/t18-/m0/s1. The fourth-order valence-electron chi connectivity index (χ4n) is 3.51. The Hall–Kier alpha value is -1.27. The molecule has 0 unspecified atom stereocenters. The number of fused-ring (bicyclic) bond motifs is 1. The molecule has 1 aliphatic heterocycles. The second-order valence-electron chi connectivity index (χ2n) is 6.90. The molecule has 0 radical (unpaired) electrons. The topological polar surface area (TPSA) is 55.4 Å². The van der Waals surface area contributed by atoms with Gasteiger partial charge in [-0.1, -0.05) is 61.3 Å². The van der Waals surface area contributed by atoms with Crippen molar-refractivity contribution in [1.29, 1.82) is 0 Å². The third-order valence-electron chi connectivity index (χ3n) is 5.17. The van der Waals surface area contributed by atoms with Gasteiger partial charge < -0.3 is 4.74 Å². The lowest BCUT2D eigenvalue weighted by molar-refractivity contribution is 0.0260. The van der Waals surface area contributed by atoms with Crippen LogP contribution in [-0.4, -0.2) is 14.0 Å². The van der Waals surface area contributed by atoms with Gasteiger partial charge in [-0.25, -0.2) is 13.1 Å². The Morgan fingerprint density at radius 2 is 1.85 bits per heavy atom. The smallest absolute Gasteiger partial charge is 0.216 e. The summed E-state index contributed by atoms with van der Waals surface area (Å²) >= 11 is 12.1.